The molecule has 1 N–H and O–H groups in total. The third-order valence-corrected chi connectivity index (χ3v) is 2.93. The first kappa shape index (κ1) is 12.1. The Morgan fingerprint density at radius 2 is 2.24 bits per heavy atom. The monoisotopic (exact) mass is 249 g/mol. The van der Waals surface area contributed by atoms with Crippen molar-refractivity contribution in [1.82, 2.24) is 15.1 Å². The second-order valence-corrected chi connectivity index (χ2v) is 4.44. The maximum atomic E-state index is 5.92. The molecule has 2 aromatic rings. The van der Waals surface area contributed by atoms with Gasteiger partial charge in [-0.3, -0.25) is 4.68 Å². The number of hydrogen-bond donors (Lipinski definition) is 1. The minimum Gasteiger partial charge on any atom is -0.312 e. The summed E-state index contributed by atoms with van der Waals surface area (Å²) in [6.45, 7) is 1.78. The zero-order chi connectivity index (χ0) is 12.1. The number of aromatic nitrogens is 2. The van der Waals surface area contributed by atoms with Gasteiger partial charge in [-0.05, 0) is 23.8 Å². The van der Waals surface area contributed by atoms with E-state index in [1.807, 2.05) is 42.2 Å². The summed E-state index contributed by atoms with van der Waals surface area (Å²) >= 11 is 5.92. The van der Waals surface area contributed by atoms with Crippen molar-refractivity contribution in [3.63, 3.8) is 0 Å². The average Bonchev–Trinajstić information content (AvgIpc) is 2.71. The number of rotatable bonds is 5. The van der Waals surface area contributed by atoms with Gasteiger partial charge in [0.1, 0.15) is 0 Å². The molecule has 0 saturated carbocycles. The minimum absolute atomic E-state index is 0.788. The lowest BCUT2D eigenvalue weighted by Gasteiger charge is -2.05. The van der Waals surface area contributed by atoms with Crippen LogP contribution >= 0.6 is 11.6 Å². The van der Waals surface area contributed by atoms with Gasteiger partial charge in [0.05, 0.1) is 0 Å². The summed E-state index contributed by atoms with van der Waals surface area (Å²) in [4.78, 5) is 0. The molecule has 3 nitrogen and oxygen atoms in total. The molecule has 0 radical (unpaired) electrons. The van der Waals surface area contributed by atoms with Crippen LogP contribution in [0.25, 0.3) is 0 Å². The largest absolute Gasteiger partial charge is 0.312 e. The fourth-order valence-electron chi connectivity index (χ4n) is 1.74. The highest BCUT2D eigenvalue weighted by Crippen LogP contribution is 2.10. The molecule has 1 heterocycles. The molecule has 2 rings (SSSR count). The molecule has 90 valence electrons. The molecular formula is C13H16ClN3. The van der Waals surface area contributed by atoms with Crippen LogP contribution in [0.3, 0.4) is 0 Å². The topological polar surface area (TPSA) is 29.9 Å². The van der Waals surface area contributed by atoms with Gasteiger partial charge in [-0.2, -0.15) is 5.10 Å². The van der Waals surface area contributed by atoms with Crippen molar-refractivity contribution in [3.8, 4) is 0 Å². The number of nitrogens with zero attached hydrogens (tertiary/aromatic N) is 2. The fraction of sp³-hybridized carbons (Fsp3) is 0.308. The Labute approximate surface area is 106 Å². The molecule has 0 amide bonds. The number of benzene rings is 1. The van der Waals surface area contributed by atoms with Crippen molar-refractivity contribution in [2.24, 2.45) is 7.05 Å². The van der Waals surface area contributed by atoms with Gasteiger partial charge in [-0.1, -0.05) is 23.7 Å². The van der Waals surface area contributed by atoms with Crippen LogP contribution in [-0.2, 0) is 20.0 Å². The summed E-state index contributed by atoms with van der Waals surface area (Å²) in [5, 5.41) is 8.32. The molecule has 0 spiro atoms. The van der Waals surface area contributed by atoms with E-state index in [0.717, 1.165) is 24.5 Å². The van der Waals surface area contributed by atoms with Crippen molar-refractivity contribution in [2.75, 3.05) is 6.54 Å². The Morgan fingerprint density at radius 3 is 2.94 bits per heavy atom. The van der Waals surface area contributed by atoms with E-state index in [1.165, 1.54) is 11.3 Å². The van der Waals surface area contributed by atoms with E-state index in [-0.39, 0.29) is 0 Å². The summed E-state index contributed by atoms with van der Waals surface area (Å²) in [6.07, 6.45) is 2.81. The number of aryl methyl sites for hydroxylation is 1. The van der Waals surface area contributed by atoms with E-state index >= 15 is 0 Å². The highest BCUT2D eigenvalue weighted by atomic mass is 35.5. The third kappa shape index (κ3) is 3.58. The van der Waals surface area contributed by atoms with E-state index in [9.17, 15) is 0 Å². The summed E-state index contributed by atoms with van der Waals surface area (Å²) in [5.41, 5.74) is 2.45. The first-order valence-corrected chi connectivity index (χ1v) is 6.05. The van der Waals surface area contributed by atoms with Gasteiger partial charge in [0.2, 0.25) is 0 Å². The zero-order valence-electron chi connectivity index (χ0n) is 9.86. The molecule has 0 saturated heterocycles. The molecule has 0 aliphatic rings. The van der Waals surface area contributed by atoms with Gasteiger partial charge in [-0.15, -0.1) is 0 Å². The fourth-order valence-corrected chi connectivity index (χ4v) is 1.96. The van der Waals surface area contributed by atoms with E-state index in [0.29, 0.717) is 0 Å². The van der Waals surface area contributed by atoms with E-state index < -0.39 is 0 Å². The predicted octanol–water partition coefficient (Wildman–Crippen LogP) is 2.41. The normalized spacial score (nSPS) is 10.7. The van der Waals surface area contributed by atoms with Gasteiger partial charge < -0.3 is 5.32 Å². The summed E-state index contributed by atoms with van der Waals surface area (Å²) in [7, 11) is 1.96. The second kappa shape index (κ2) is 5.84. The Bertz CT molecular complexity index is 479. The molecule has 4 heteroatoms. The molecule has 0 bridgehead atoms. The highest BCUT2D eigenvalue weighted by molar-refractivity contribution is 6.30. The molecule has 1 aromatic heterocycles. The van der Waals surface area contributed by atoms with Crippen LogP contribution in [0.2, 0.25) is 5.02 Å². The van der Waals surface area contributed by atoms with Crippen molar-refractivity contribution in [1.29, 1.82) is 0 Å². The van der Waals surface area contributed by atoms with Gasteiger partial charge in [0.25, 0.3) is 0 Å². The van der Waals surface area contributed by atoms with Crippen LogP contribution < -0.4 is 5.32 Å². The molecule has 0 aliphatic heterocycles. The molecule has 0 aliphatic carbocycles. The third-order valence-electron chi connectivity index (χ3n) is 2.70. The highest BCUT2D eigenvalue weighted by Gasteiger charge is 1.98. The molecule has 0 atom stereocenters. The van der Waals surface area contributed by atoms with Crippen LogP contribution in [-0.4, -0.2) is 16.3 Å². The molecule has 1 aromatic carbocycles. The number of hydrogen-bond acceptors (Lipinski definition) is 2. The molecule has 0 unspecified atom stereocenters. The standard InChI is InChI=1S/C13H16ClN3/c1-17-13(6-8-16-17)5-7-15-10-11-3-2-4-12(14)9-11/h2-4,6,8-9,15H,5,7,10H2,1H3. The lowest BCUT2D eigenvalue weighted by atomic mass is 10.2. The zero-order valence-corrected chi connectivity index (χ0v) is 10.6. The first-order chi connectivity index (χ1) is 8.25. The van der Waals surface area contributed by atoms with Crippen molar-refractivity contribution < 1.29 is 0 Å². The van der Waals surface area contributed by atoms with E-state index in [2.05, 4.69) is 16.5 Å². The van der Waals surface area contributed by atoms with Gasteiger partial charge in [-0.25, -0.2) is 0 Å². The summed E-state index contributed by atoms with van der Waals surface area (Å²) < 4.78 is 1.90. The maximum absolute atomic E-state index is 5.92. The van der Waals surface area contributed by atoms with Crippen LogP contribution in [0.5, 0.6) is 0 Å². The molecular weight excluding hydrogens is 234 g/mol. The SMILES string of the molecule is Cn1nccc1CCNCc1cccc(Cl)c1. The van der Waals surface area contributed by atoms with Crippen LogP contribution in [0, 0.1) is 0 Å². The van der Waals surface area contributed by atoms with Gasteiger partial charge in [0, 0.05) is 43.5 Å². The smallest absolute Gasteiger partial charge is 0.0492 e. The van der Waals surface area contributed by atoms with E-state index in [4.69, 9.17) is 11.6 Å². The summed E-state index contributed by atoms with van der Waals surface area (Å²) in [5.74, 6) is 0. The maximum Gasteiger partial charge on any atom is 0.0492 e. The van der Waals surface area contributed by atoms with Crippen LogP contribution in [0.1, 0.15) is 11.3 Å². The lowest BCUT2D eigenvalue weighted by Crippen LogP contribution is -2.17. The van der Waals surface area contributed by atoms with Crippen LogP contribution in [0.15, 0.2) is 36.5 Å². The summed E-state index contributed by atoms with van der Waals surface area (Å²) in [6, 6.07) is 9.96. The predicted molar refractivity (Wildman–Crippen MR) is 70.1 cm³/mol. The van der Waals surface area contributed by atoms with Gasteiger partial charge in [0.15, 0.2) is 0 Å². The van der Waals surface area contributed by atoms with Crippen LogP contribution in [0.4, 0.5) is 0 Å². The Hall–Kier alpha value is -1.32. The quantitative estimate of drug-likeness (QED) is 0.825. The van der Waals surface area contributed by atoms with Gasteiger partial charge >= 0.3 is 0 Å². The Kier molecular flexibility index (Phi) is 4.18. The lowest BCUT2D eigenvalue weighted by molar-refractivity contribution is 0.643. The number of halogens is 1. The van der Waals surface area contributed by atoms with Crippen molar-refractivity contribution in [3.05, 3.63) is 52.8 Å². The van der Waals surface area contributed by atoms with Crippen molar-refractivity contribution in [2.45, 2.75) is 13.0 Å². The minimum atomic E-state index is 0.788. The second-order valence-electron chi connectivity index (χ2n) is 4.00. The van der Waals surface area contributed by atoms with Crippen molar-refractivity contribution >= 4 is 11.6 Å². The average molecular weight is 250 g/mol. The molecule has 17 heavy (non-hydrogen) atoms. The Morgan fingerprint density at radius 1 is 1.35 bits per heavy atom. The Balaban J connectivity index is 1.75. The van der Waals surface area contributed by atoms with E-state index in [1.54, 1.807) is 0 Å². The first-order valence-electron chi connectivity index (χ1n) is 5.68. The number of nitrogens with one attached hydrogen (secondary N) is 1. The molecule has 0 fully saturated rings.